The van der Waals surface area contributed by atoms with Crippen molar-refractivity contribution in [3.05, 3.63) is 201 Å². The number of aromatic carboxylic acids is 1. The SMILES string of the molecule is Cc1cc(C(=O)Nc2cc(C(O)(CCC3CC3)c3ccccn3)ccc2F)n(-c2ccc(Cl)cn2)n1.Cc1cc(C(=O)O)n(-c2ccc(Cl)cn2)n1.Nc1cc(C(O)(CCC2CC2)c2ccccn2)ccc1F. The first-order chi connectivity index (χ1) is 35.0. The number of carbonyl (C=O) groups is 2. The molecule has 1 amide bonds. The molecule has 0 aliphatic heterocycles. The first-order valence-electron chi connectivity index (χ1n) is 23.6. The fourth-order valence-corrected chi connectivity index (χ4v) is 8.43. The Morgan fingerprint density at radius 2 is 1.14 bits per heavy atom. The molecule has 376 valence electrons. The number of benzene rings is 2. The molecule has 73 heavy (non-hydrogen) atoms. The Balaban J connectivity index is 0.000000162. The van der Waals surface area contributed by atoms with Gasteiger partial charge in [-0.1, -0.05) is 73.2 Å². The van der Waals surface area contributed by atoms with E-state index in [2.05, 4.69) is 35.5 Å². The summed E-state index contributed by atoms with van der Waals surface area (Å²) in [7, 11) is 0. The number of hydrogen-bond donors (Lipinski definition) is 5. The van der Waals surface area contributed by atoms with Gasteiger partial charge in [-0.15, -0.1) is 0 Å². The summed E-state index contributed by atoms with van der Waals surface area (Å²) in [5.41, 5.74) is 6.62. The van der Waals surface area contributed by atoms with Gasteiger partial charge in [0.2, 0.25) is 0 Å². The maximum atomic E-state index is 14.9. The number of nitrogens with two attached hydrogens (primary N) is 1. The number of hydrogen-bond acceptors (Lipinski definition) is 11. The number of nitrogen functional groups attached to an aromatic ring is 1. The highest BCUT2D eigenvalue weighted by Crippen LogP contribution is 2.42. The van der Waals surface area contributed by atoms with Gasteiger partial charge in [0.1, 0.15) is 28.5 Å². The second kappa shape index (κ2) is 22.5. The Hall–Kier alpha value is -7.44. The first-order valence-corrected chi connectivity index (χ1v) is 24.3. The first kappa shape index (κ1) is 51.9. The summed E-state index contributed by atoms with van der Waals surface area (Å²) in [4.78, 5) is 41.1. The third-order valence-electron chi connectivity index (χ3n) is 12.5. The fourth-order valence-electron chi connectivity index (χ4n) is 8.21. The number of nitrogens with zero attached hydrogens (tertiary/aromatic N) is 8. The monoisotopic (exact) mass is 1030 g/mol. The molecule has 0 radical (unpaired) electrons. The van der Waals surface area contributed by atoms with Crippen molar-refractivity contribution in [3.63, 3.8) is 0 Å². The lowest BCUT2D eigenvalue weighted by atomic mass is 9.84. The molecule has 8 aromatic rings. The molecule has 2 saturated carbocycles. The van der Waals surface area contributed by atoms with Crippen LogP contribution in [0.3, 0.4) is 0 Å². The molecule has 2 aliphatic carbocycles. The van der Waals surface area contributed by atoms with Crippen molar-refractivity contribution in [3.8, 4) is 11.6 Å². The molecule has 2 aliphatic rings. The molecule has 2 unspecified atom stereocenters. The van der Waals surface area contributed by atoms with Gasteiger partial charge in [-0.2, -0.15) is 10.2 Å². The van der Waals surface area contributed by atoms with E-state index in [0.717, 1.165) is 25.7 Å². The van der Waals surface area contributed by atoms with E-state index in [0.29, 0.717) is 80.3 Å². The average molecular weight is 1030 g/mol. The van der Waals surface area contributed by atoms with Crippen LogP contribution in [0.1, 0.15) is 106 Å². The molecule has 15 nitrogen and oxygen atoms in total. The molecule has 6 N–H and O–H groups in total. The Morgan fingerprint density at radius 3 is 1.58 bits per heavy atom. The number of amides is 1. The molecule has 0 bridgehead atoms. The molecular formula is C54H52Cl2F2N10O5. The largest absolute Gasteiger partial charge is 0.477 e. The molecule has 19 heteroatoms. The minimum Gasteiger partial charge on any atom is -0.477 e. The number of aliphatic hydroxyl groups is 2. The van der Waals surface area contributed by atoms with Gasteiger partial charge >= 0.3 is 5.97 Å². The van der Waals surface area contributed by atoms with Crippen molar-refractivity contribution in [2.24, 2.45) is 11.8 Å². The molecular weight excluding hydrogens is 978 g/mol. The Kier molecular flexibility index (Phi) is 16.0. The van der Waals surface area contributed by atoms with Crippen molar-refractivity contribution in [2.75, 3.05) is 11.1 Å². The normalized spacial score (nSPS) is 14.6. The van der Waals surface area contributed by atoms with Gasteiger partial charge in [-0.3, -0.25) is 14.8 Å². The van der Waals surface area contributed by atoms with Crippen LogP contribution < -0.4 is 11.1 Å². The molecule has 6 aromatic heterocycles. The second-order valence-electron chi connectivity index (χ2n) is 18.1. The van der Waals surface area contributed by atoms with Crippen LogP contribution in [-0.2, 0) is 11.2 Å². The van der Waals surface area contributed by atoms with Gasteiger partial charge < -0.3 is 26.4 Å². The van der Waals surface area contributed by atoms with Crippen molar-refractivity contribution < 1.29 is 33.7 Å². The third-order valence-corrected chi connectivity index (χ3v) is 13.0. The van der Waals surface area contributed by atoms with Crippen molar-refractivity contribution in [1.82, 2.24) is 39.5 Å². The van der Waals surface area contributed by atoms with Gasteiger partial charge in [0.25, 0.3) is 5.91 Å². The Bertz CT molecular complexity index is 3190. The summed E-state index contributed by atoms with van der Waals surface area (Å²) in [6.07, 6.45) is 13.7. The van der Waals surface area contributed by atoms with E-state index in [1.807, 2.05) is 18.2 Å². The molecule has 0 saturated heterocycles. The number of aromatic nitrogens is 8. The van der Waals surface area contributed by atoms with Gasteiger partial charge in [0.15, 0.2) is 17.3 Å². The van der Waals surface area contributed by atoms with Crippen LogP contribution >= 0.6 is 23.2 Å². The van der Waals surface area contributed by atoms with Gasteiger partial charge in [0, 0.05) is 24.8 Å². The van der Waals surface area contributed by atoms with Crippen molar-refractivity contribution in [2.45, 2.75) is 76.4 Å². The van der Waals surface area contributed by atoms with E-state index in [-0.39, 0.29) is 22.8 Å². The van der Waals surface area contributed by atoms with Crippen LogP contribution in [0.5, 0.6) is 0 Å². The smallest absolute Gasteiger partial charge is 0.354 e. The number of pyridine rings is 4. The zero-order chi connectivity index (χ0) is 51.9. The third kappa shape index (κ3) is 12.8. The van der Waals surface area contributed by atoms with Gasteiger partial charge in [-0.05, 0) is 147 Å². The molecule has 10 rings (SSSR count). The van der Waals surface area contributed by atoms with E-state index >= 15 is 0 Å². The minimum atomic E-state index is -1.41. The lowest BCUT2D eigenvalue weighted by molar-refractivity contribution is 0.0622. The van der Waals surface area contributed by atoms with Crippen molar-refractivity contribution >= 4 is 46.5 Å². The quantitative estimate of drug-likeness (QED) is 0.0606. The predicted molar refractivity (Wildman–Crippen MR) is 273 cm³/mol. The van der Waals surface area contributed by atoms with E-state index in [1.54, 1.807) is 86.9 Å². The van der Waals surface area contributed by atoms with Crippen LogP contribution in [0.15, 0.2) is 134 Å². The summed E-state index contributed by atoms with van der Waals surface area (Å²) in [6, 6.07) is 29.1. The van der Waals surface area contributed by atoms with Crippen LogP contribution in [0.2, 0.25) is 10.0 Å². The summed E-state index contributed by atoms with van der Waals surface area (Å²) >= 11 is 11.6. The topological polar surface area (TPSA) is 220 Å². The van der Waals surface area contributed by atoms with Crippen LogP contribution in [0, 0.1) is 37.3 Å². The zero-order valence-corrected chi connectivity index (χ0v) is 41.4. The Morgan fingerprint density at radius 1 is 0.658 bits per heavy atom. The maximum Gasteiger partial charge on any atom is 0.354 e. The lowest BCUT2D eigenvalue weighted by Crippen LogP contribution is -2.29. The number of nitrogens with one attached hydrogen (secondary N) is 1. The number of halogens is 4. The highest BCUT2D eigenvalue weighted by Gasteiger charge is 2.37. The van der Waals surface area contributed by atoms with E-state index in [1.165, 1.54) is 64.9 Å². The van der Waals surface area contributed by atoms with Crippen molar-refractivity contribution in [1.29, 1.82) is 0 Å². The van der Waals surface area contributed by atoms with Gasteiger partial charge in [-0.25, -0.2) is 32.9 Å². The summed E-state index contributed by atoms with van der Waals surface area (Å²) in [5, 5.41) is 44.0. The number of carbonyl (C=O) groups excluding carboxylic acids is 1. The maximum absolute atomic E-state index is 14.9. The lowest BCUT2D eigenvalue weighted by Gasteiger charge is -2.29. The van der Waals surface area contributed by atoms with E-state index in [4.69, 9.17) is 34.0 Å². The van der Waals surface area contributed by atoms with Crippen LogP contribution in [0.25, 0.3) is 11.6 Å². The van der Waals surface area contributed by atoms with E-state index < -0.39 is 34.7 Å². The minimum absolute atomic E-state index is 0.0484. The Labute approximate surface area is 429 Å². The molecule has 2 aromatic carbocycles. The van der Waals surface area contributed by atoms with Gasteiger partial charge in [0.05, 0.1) is 44.2 Å². The van der Waals surface area contributed by atoms with Crippen LogP contribution in [0.4, 0.5) is 20.2 Å². The highest BCUT2D eigenvalue weighted by atomic mass is 35.5. The summed E-state index contributed by atoms with van der Waals surface area (Å²) < 4.78 is 30.9. The predicted octanol–water partition coefficient (Wildman–Crippen LogP) is 10.6. The standard InChI is InChI=1S/C27H25ClFN5O2.C17H19FN2O.C10H8ClN3O2/c1-17-14-23(34(33-17)25-10-8-20(28)16-31-25)26(35)32-22-15-19(7-9-21(22)29)27(36,12-11-18-5-6-18)24-4-2-3-13-30-24;18-14-7-6-13(11-15(14)19)17(21,9-8-12-4-5-12)16-3-1-2-10-20-16;1-6-4-8(10(15)16)14(13-6)9-3-2-7(11)5-12-9/h2-4,7-10,13-16,18,36H,5-6,11-12H2,1H3,(H,32,35);1-3,6-7,10-12,21H,4-5,8-9,19H2;2-5H,1H3,(H,15,16). The molecule has 2 fully saturated rings. The summed E-state index contributed by atoms with van der Waals surface area (Å²) in [5.74, 6) is -0.594. The summed E-state index contributed by atoms with van der Waals surface area (Å²) in [6.45, 7) is 3.47. The van der Waals surface area contributed by atoms with Crippen LogP contribution in [-0.4, -0.2) is 66.7 Å². The second-order valence-corrected chi connectivity index (χ2v) is 19.0. The van der Waals surface area contributed by atoms with E-state index in [9.17, 15) is 28.6 Å². The number of rotatable bonds is 15. The molecule has 2 atom stereocenters. The average Bonchev–Trinajstić information content (AvgIpc) is 4.33. The molecule has 6 heterocycles. The number of aryl methyl sites for hydroxylation is 2. The fraction of sp³-hybridized carbons (Fsp3) is 0.259. The zero-order valence-electron chi connectivity index (χ0n) is 39.8. The number of anilines is 2. The highest BCUT2D eigenvalue weighted by molar-refractivity contribution is 6.30. The number of carboxylic acids is 1. The molecule has 0 spiro atoms. The number of carboxylic acid groups (broad SMARTS) is 1.